The normalized spacial score (nSPS) is 18.6. The topological polar surface area (TPSA) is 40.5 Å². The summed E-state index contributed by atoms with van der Waals surface area (Å²) in [6.45, 7) is 0. The van der Waals surface area contributed by atoms with Gasteiger partial charge >= 0.3 is 0 Å². The van der Waals surface area contributed by atoms with Crippen molar-refractivity contribution in [3.8, 4) is 10.6 Å². The summed E-state index contributed by atoms with van der Waals surface area (Å²) in [6.07, 6.45) is 17.0. The first-order valence-corrected chi connectivity index (χ1v) is 12.0. The molecule has 0 atom stereocenters. The number of aromatic amines is 1. The van der Waals surface area contributed by atoms with E-state index in [9.17, 15) is 0 Å². The molecule has 0 radical (unpaired) electrons. The first-order valence-electron chi connectivity index (χ1n) is 10.3. The summed E-state index contributed by atoms with van der Waals surface area (Å²) in [6, 6.07) is 10.6. The van der Waals surface area contributed by atoms with Gasteiger partial charge in [-0.05, 0) is 59.0 Å². The van der Waals surface area contributed by atoms with E-state index in [2.05, 4.69) is 88.6 Å². The van der Waals surface area contributed by atoms with Gasteiger partial charge in [-0.15, -0.1) is 22.7 Å². The van der Waals surface area contributed by atoms with Gasteiger partial charge in [0.05, 0.1) is 21.2 Å². The Kier molecular flexibility index (Phi) is 4.63. The molecule has 0 saturated carbocycles. The molecule has 0 amide bonds. The molecule has 1 aliphatic heterocycles. The Balaban J connectivity index is 1.47. The number of aromatic nitrogens is 1. The zero-order valence-corrected chi connectivity index (χ0v) is 18.3. The van der Waals surface area contributed by atoms with E-state index in [1.54, 1.807) is 22.7 Å². The van der Waals surface area contributed by atoms with Crippen molar-refractivity contribution < 1.29 is 0 Å². The number of allylic oxidation sites excluding steroid dienone is 8. The maximum absolute atomic E-state index is 5.10. The molecule has 3 aliphatic rings. The van der Waals surface area contributed by atoms with Crippen molar-refractivity contribution in [2.24, 2.45) is 9.98 Å². The Morgan fingerprint density at radius 1 is 0.903 bits per heavy atom. The molecule has 31 heavy (non-hydrogen) atoms. The van der Waals surface area contributed by atoms with Crippen molar-refractivity contribution in [2.75, 3.05) is 0 Å². The molecule has 1 N–H and O–H groups in total. The molecular formula is C26H19N3S2. The molecule has 0 aromatic carbocycles. The second-order valence-electron chi connectivity index (χ2n) is 7.54. The Labute approximate surface area is 188 Å². The lowest BCUT2D eigenvalue weighted by atomic mass is 10.0. The van der Waals surface area contributed by atoms with Crippen molar-refractivity contribution in [1.29, 1.82) is 0 Å². The number of thiophene rings is 2. The minimum atomic E-state index is 0.783. The maximum Gasteiger partial charge on any atom is 0.162 e. The van der Waals surface area contributed by atoms with E-state index in [1.807, 2.05) is 0 Å². The lowest BCUT2D eigenvalue weighted by Crippen LogP contribution is -1.98. The molecule has 3 aromatic rings. The number of hydrogen-bond acceptors (Lipinski definition) is 3. The first-order chi connectivity index (χ1) is 15.3. The number of aliphatic imine (C=N–C) groups is 2. The maximum atomic E-state index is 5.10. The summed E-state index contributed by atoms with van der Waals surface area (Å²) in [7, 11) is 0. The summed E-state index contributed by atoms with van der Waals surface area (Å²) in [5.74, 6) is 1.66. The summed E-state index contributed by atoms with van der Waals surface area (Å²) in [4.78, 5) is 16.0. The SMILES string of the molecule is C1=CCC(C2=CC(c3cccs3)=N/C2=N/c2[nH]c(-c3cccs3)cc2C2=CC=CC2)=C1. The minimum absolute atomic E-state index is 0.783. The fourth-order valence-electron chi connectivity index (χ4n) is 4.02. The Hall–Kier alpha value is -3.28. The van der Waals surface area contributed by atoms with E-state index < -0.39 is 0 Å². The second-order valence-corrected chi connectivity index (χ2v) is 9.43. The molecule has 0 bridgehead atoms. The standard InChI is InChI=1S/C26H19N3S2/c1-2-8-17(7-1)19-15-21(23-11-5-13-30-23)27-25(19)29-26-20(18-9-3-4-10-18)16-22(28-26)24-12-6-14-31-24/h1-7,9,11-16,27H,8,10H2/b29-26+. The van der Waals surface area contributed by atoms with Gasteiger partial charge < -0.3 is 4.98 Å². The number of nitrogens with zero attached hydrogens (tertiary/aromatic N) is 2. The molecule has 3 aromatic heterocycles. The van der Waals surface area contributed by atoms with E-state index in [0.717, 1.165) is 47.0 Å². The van der Waals surface area contributed by atoms with E-state index in [-0.39, 0.29) is 0 Å². The van der Waals surface area contributed by atoms with E-state index in [4.69, 9.17) is 9.98 Å². The van der Waals surface area contributed by atoms with Crippen LogP contribution in [0.1, 0.15) is 23.3 Å². The molecule has 0 unspecified atom stereocenters. The fourth-order valence-corrected chi connectivity index (χ4v) is 5.40. The van der Waals surface area contributed by atoms with Gasteiger partial charge in [0.15, 0.2) is 5.84 Å². The van der Waals surface area contributed by atoms with Crippen LogP contribution in [0.15, 0.2) is 105 Å². The van der Waals surface area contributed by atoms with Gasteiger partial charge in [0.2, 0.25) is 0 Å². The fraction of sp³-hybridized carbons (Fsp3) is 0.0769. The monoisotopic (exact) mass is 437 g/mol. The number of rotatable bonds is 5. The summed E-state index contributed by atoms with van der Waals surface area (Å²) < 4.78 is 0. The van der Waals surface area contributed by atoms with E-state index in [1.165, 1.54) is 20.9 Å². The third-order valence-corrected chi connectivity index (χ3v) is 7.35. The number of hydrogen-bond donors (Lipinski definition) is 1. The van der Waals surface area contributed by atoms with E-state index >= 15 is 0 Å². The van der Waals surface area contributed by atoms with Crippen molar-refractivity contribution in [3.05, 3.63) is 105 Å². The van der Waals surface area contributed by atoms with Crippen molar-refractivity contribution in [2.45, 2.75) is 12.8 Å². The van der Waals surface area contributed by atoms with Crippen LogP contribution < -0.4 is 0 Å². The lowest BCUT2D eigenvalue weighted by Gasteiger charge is -2.05. The van der Waals surface area contributed by atoms with Crippen LogP contribution in [0.4, 0.5) is 5.82 Å². The average Bonchev–Trinajstić information content (AvgIpc) is 3.61. The molecule has 3 nitrogen and oxygen atoms in total. The highest BCUT2D eigenvalue weighted by molar-refractivity contribution is 7.13. The van der Waals surface area contributed by atoms with E-state index in [0.29, 0.717) is 0 Å². The molecule has 150 valence electrons. The molecule has 2 aliphatic carbocycles. The van der Waals surface area contributed by atoms with Gasteiger partial charge in [-0.2, -0.15) is 0 Å². The van der Waals surface area contributed by atoms with Crippen LogP contribution in [0.25, 0.3) is 16.1 Å². The van der Waals surface area contributed by atoms with Gasteiger partial charge in [0.25, 0.3) is 0 Å². The van der Waals surface area contributed by atoms with Gasteiger partial charge in [0.1, 0.15) is 5.82 Å². The smallest absolute Gasteiger partial charge is 0.162 e. The van der Waals surface area contributed by atoms with Crippen LogP contribution in [-0.2, 0) is 0 Å². The molecule has 5 heteroatoms. The summed E-state index contributed by atoms with van der Waals surface area (Å²) >= 11 is 3.44. The number of H-pyrrole nitrogens is 1. The zero-order chi connectivity index (χ0) is 20.6. The molecule has 0 saturated heterocycles. The highest BCUT2D eigenvalue weighted by Gasteiger charge is 2.23. The Morgan fingerprint density at radius 2 is 1.65 bits per heavy atom. The quantitative estimate of drug-likeness (QED) is 0.429. The molecular weight excluding hydrogens is 418 g/mol. The van der Waals surface area contributed by atoms with Gasteiger partial charge in [-0.1, -0.05) is 48.6 Å². The lowest BCUT2D eigenvalue weighted by molar-refractivity contribution is 1.28. The van der Waals surface area contributed by atoms with Crippen molar-refractivity contribution in [1.82, 2.24) is 4.98 Å². The Bertz CT molecular complexity index is 1350. The largest absolute Gasteiger partial charge is 0.338 e. The van der Waals surface area contributed by atoms with Crippen LogP contribution >= 0.6 is 22.7 Å². The number of amidine groups is 1. The second kappa shape index (κ2) is 7.76. The Morgan fingerprint density at radius 3 is 2.32 bits per heavy atom. The first kappa shape index (κ1) is 18.5. The van der Waals surface area contributed by atoms with Crippen LogP contribution in [-0.4, -0.2) is 16.5 Å². The van der Waals surface area contributed by atoms with Gasteiger partial charge in [0, 0.05) is 11.1 Å². The van der Waals surface area contributed by atoms with Gasteiger partial charge in [-0.25, -0.2) is 9.98 Å². The highest BCUT2D eigenvalue weighted by Crippen LogP contribution is 2.38. The van der Waals surface area contributed by atoms with Crippen molar-refractivity contribution in [3.63, 3.8) is 0 Å². The molecule has 4 heterocycles. The minimum Gasteiger partial charge on any atom is -0.338 e. The number of nitrogens with one attached hydrogen (secondary N) is 1. The third kappa shape index (κ3) is 3.46. The third-order valence-electron chi connectivity index (χ3n) is 5.56. The van der Waals surface area contributed by atoms with Crippen LogP contribution in [0.3, 0.4) is 0 Å². The average molecular weight is 438 g/mol. The predicted octanol–water partition coefficient (Wildman–Crippen LogP) is 7.49. The molecule has 0 fully saturated rings. The van der Waals surface area contributed by atoms with Crippen LogP contribution in [0.2, 0.25) is 0 Å². The zero-order valence-electron chi connectivity index (χ0n) is 16.7. The van der Waals surface area contributed by atoms with Crippen molar-refractivity contribution >= 4 is 45.6 Å². The van der Waals surface area contributed by atoms with Crippen LogP contribution in [0, 0.1) is 0 Å². The predicted molar refractivity (Wildman–Crippen MR) is 134 cm³/mol. The summed E-state index contributed by atoms with van der Waals surface area (Å²) in [5.41, 5.74) is 6.91. The molecule has 6 rings (SSSR count). The molecule has 0 spiro atoms. The van der Waals surface area contributed by atoms with Gasteiger partial charge in [-0.3, -0.25) is 0 Å². The summed E-state index contributed by atoms with van der Waals surface area (Å²) in [5, 5.41) is 4.19. The van der Waals surface area contributed by atoms with Crippen LogP contribution in [0.5, 0.6) is 0 Å². The highest BCUT2D eigenvalue weighted by atomic mass is 32.1.